The van der Waals surface area contributed by atoms with Crippen molar-refractivity contribution >= 4 is 40.2 Å². The number of nitrogens with one attached hydrogen (secondary N) is 3. The summed E-state index contributed by atoms with van der Waals surface area (Å²) in [5, 5.41) is 19.1. The molecule has 0 saturated carbocycles. The fourth-order valence-corrected chi connectivity index (χ4v) is 3.86. The first-order valence-corrected chi connectivity index (χ1v) is 13.1. The van der Waals surface area contributed by atoms with Crippen molar-refractivity contribution in [2.45, 2.75) is 57.5 Å². The van der Waals surface area contributed by atoms with Crippen LogP contribution in [-0.4, -0.2) is 54.1 Å². The molecule has 0 radical (unpaired) electrons. The van der Waals surface area contributed by atoms with Crippen LogP contribution in [-0.2, 0) is 23.9 Å². The van der Waals surface area contributed by atoms with Gasteiger partial charge in [-0.05, 0) is 55.5 Å². The van der Waals surface area contributed by atoms with Crippen LogP contribution in [0.15, 0.2) is 67.8 Å². The molecule has 2 rings (SSSR count). The number of aliphatic hydroxyl groups excluding tert-OH is 1. The minimum absolute atomic E-state index is 0.162. The molecule has 0 aliphatic heterocycles. The molecule has 0 unspecified atom stereocenters. The summed E-state index contributed by atoms with van der Waals surface area (Å²) in [6.07, 6.45) is 5.70. The average Bonchev–Trinajstić information content (AvgIpc) is 2.92. The number of fused-ring (bicyclic) bond motifs is 1. The number of benzene rings is 2. The third kappa shape index (κ3) is 11.1. The molecule has 0 fully saturated rings. The summed E-state index contributed by atoms with van der Waals surface area (Å²) in [4.78, 5) is 51.0. The zero-order valence-corrected chi connectivity index (χ0v) is 22.5. The van der Waals surface area contributed by atoms with E-state index in [0.29, 0.717) is 12.1 Å². The average molecular weight is 538 g/mol. The van der Waals surface area contributed by atoms with Gasteiger partial charge >= 0.3 is 5.97 Å². The molecule has 0 bridgehead atoms. The Labute approximate surface area is 229 Å². The van der Waals surface area contributed by atoms with Gasteiger partial charge in [0.1, 0.15) is 12.6 Å². The lowest BCUT2D eigenvalue weighted by Crippen LogP contribution is -2.49. The Morgan fingerprint density at radius 1 is 0.974 bits per heavy atom. The van der Waals surface area contributed by atoms with E-state index in [1.54, 1.807) is 19.1 Å². The van der Waals surface area contributed by atoms with Crippen LogP contribution in [0.1, 0.15) is 45.4 Å². The highest BCUT2D eigenvalue weighted by molar-refractivity contribution is 5.99. The van der Waals surface area contributed by atoms with Crippen molar-refractivity contribution in [3.8, 4) is 0 Å². The largest absolute Gasteiger partial charge is 0.463 e. The maximum atomic E-state index is 13.2. The lowest BCUT2D eigenvalue weighted by molar-refractivity contribution is -0.146. The summed E-state index contributed by atoms with van der Waals surface area (Å²) in [6.45, 7) is 8.35. The summed E-state index contributed by atoms with van der Waals surface area (Å²) in [5.74, 6) is -2.81. The number of hydrogen-bond acceptors (Lipinski definition) is 6. The summed E-state index contributed by atoms with van der Waals surface area (Å²) in [6, 6.07) is 11.5. The molecule has 2 aromatic rings. The van der Waals surface area contributed by atoms with Gasteiger partial charge in [-0.25, -0.2) is 0 Å². The van der Waals surface area contributed by atoms with Crippen LogP contribution >= 0.6 is 0 Å². The topological polar surface area (TPSA) is 134 Å². The molecule has 0 saturated heterocycles. The first-order chi connectivity index (χ1) is 18.8. The molecular weight excluding hydrogens is 498 g/mol. The van der Waals surface area contributed by atoms with E-state index in [1.807, 2.05) is 36.4 Å². The van der Waals surface area contributed by atoms with Gasteiger partial charge in [-0.2, -0.15) is 0 Å². The van der Waals surface area contributed by atoms with Crippen molar-refractivity contribution in [1.82, 2.24) is 10.6 Å². The molecule has 0 aromatic heterocycles. The van der Waals surface area contributed by atoms with E-state index in [2.05, 4.69) is 29.1 Å². The third-order valence-electron chi connectivity index (χ3n) is 6.04. The Bertz CT molecular complexity index is 1150. The molecule has 9 nitrogen and oxygen atoms in total. The van der Waals surface area contributed by atoms with E-state index in [1.165, 1.54) is 6.08 Å². The smallest absolute Gasteiger partial charge is 0.305 e. The van der Waals surface area contributed by atoms with Gasteiger partial charge in [0.2, 0.25) is 11.8 Å². The number of hydrogen-bond donors (Lipinski definition) is 4. The second kappa shape index (κ2) is 16.8. The summed E-state index contributed by atoms with van der Waals surface area (Å²) in [7, 11) is 0. The van der Waals surface area contributed by atoms with Crippen LogP contribution in [0.4, 0.5) is 5.69 Å². The number of anilines is 1. The van der Waals surface area contributed by atoms with Crippen molar-refractivity contribution in [3.63, 3.8) is 0 Å². The summed E-state index contributed by atoms with van der Waals surface area (Å²) < 4.78 is 5.33. The van der Waals surface area contributed by atoms with E-state index in [-0.39, 0.29) is 32.5 Å². The number of amides is 3. The van der Waals surface area contributed by atoms with Crippen molar-refractivity contribution in [3.05, 3.63) is 67.8 Å². The highest BCUT2D eigenvalue weighted by Gasteiger charge is 2.28. The Morgan fingerprint density at radius 2 is 1.72 bits per heavy atom. The predicted molar refractivity (Wildman–Crippen MR) is 152 cm³/mol. The van der Waals surface area contributed by atoms with E-state index in [9.17, 15) is 24.3 Å². The van der Waals surface area contributed by atoms with Crippen LogP contribution in [0.25, 0.3) is 10.8 Å². The maximum absolute atomic E-state index is 13.2. The molecule has 9 heteroatoms. The molecule has 3 amide bonds. The van der Waals surface area contributed by atoms with Crippen LogP contribution in [0.2, 0.25) is 0 Å². The quantitative estimate of drug-likeness (QED) is 0.138. The number of carbonyl (C=O) groups excluding carboxylic acids is 4. The molecule has 2 aromatic carbocycles. The van der Waals surface area contributed by atoms with Gasteiger partial charge in [0, 0.05) is 24.6 Å². The number of unbranched alkanes of at least 4 members (excludes halogenated alkanes) is 2. The van der Waals surface area contributed by atoms with Crippen LogP contribution in [0, 0.1) is 5.92 Å². The van der Waals surface area contributed by atoms with Crippen LogP contribution < -0.4 is 16.0 Å². The Kier molecular flexibility index (Phi) is 13.4. The van der Waals surface area contributed by atoms with Gasteiger partial charge in [-0.15, -0.1) is 13.2 Å². The number of aliphatic hydroxyl groups is 1. The lowest BCUT2D eigenvalue weighted by atomic mass is 9.99. The van der Waals surface area contributed by atoms with Crippen molar-refractivity contribution in [2.75, 3.05) is 18.5 Å². The summed E-state index contributed by atoms with van der Waals surface area (Å²) in [5.41, 5.74) is 0.522. The second-order valence-corrected chi connectivity index (χ2v) is 9.41. The number of esters is 1. The number of allylic oxidation sites excluding steroid dienone is 2. The summed E-state index contributed by atoms with van der Waals surface area (Å²) >= 11 is 0. The van der Waals surface area contributed by atoms with Gasteiger partial charge in [0.25, 0.3) is 5.91 Å². The fraction of sp³-hybridized carbons (Fsp3) is 0.400. The molecule has 0 aliphatic carbocycles. The first kappa shape index (κ1) is 31.2. The van der Waals surface area contributed by atoms with E-state index in [0.717, 1.165) is 23.6 Å². The fourth-order valence-electron chi connectivity index (χ4n) is 3.86. The van der Waals surface area contributed by atoms with Crippen molar-refractivity contribution < 1.29 is 29.0 Å². The Morgan fingerprint density at radius 3 is 2.41 bits per heavy atom. The van der Waals surface area contributed by atoms with Gasteiger partial charge in [0.05, 0.1) is 12.5 Å². The zero-order chi connectivity index (χ0) is 28.6. The molecule has 210 valence electrons. The minimum Gasteiger partial charge on any atom is -0.463 e. The molecule has 3 atom stereocenters. The second-order valence-electron chi connectivity index (χ2n) is 9.41. The standard InChI is InChI=1S/C30H39N3O6/c1-4-6-7-8-14-28(36)39-20-26(30(38)32-25-16-15-22-12-9-10-13-23(22)17-25)33-29(37)24(11-5-2)18-27(35)31-21(3)19-34/h4-5,9-10,12-13,15-17,21,24,26,34H,1-2,6-8,11,14,18-20H2,3H3,(H,31,35)(H,32,38)(H,33,37)/t21-,24+,26+/m1/s1. The molecule has 4 N–H and O–H groups in total. The molecule has 0 spiro atoms. The van der Waals surface area contributed by atoms with Crippen LogP contribution in [0.3, 0.4) is 0 Å². The van der Waals surface area contributed by atoms with E-state index in [4.69, 9.17) is 4.74 Å². The molecular formula is C30H39N3O6. The van der Waals surface area contributed by atoms with Gasteiger partial charge in [-0.3, -0.25) is 19.2 Å². The predicted octanol–water partition coefficient (Wildman–Crippen LogP) is 3.63. The zero-order valence-electron chi connectivity index (χ0n) is 22.5. The van der Waals surface area contributed by atoms with Gasteiger partial charge < -0.3 is 25.8 Å². The minimum atomic E-state index is -1.19. The van der Waals surface area contributed by atoms with Crippen molar-refractivity contribution in [1.29, 1.82) is 0 Å². The molecule has 0 aliphatic rings. The Balaban J connectivity index is 2.13. The third-order valence-corrected chi connectivity index (χ3v) is 6.04. The van der Waals surface area contributed by atoms with Gasteiger partial charge in [0.15, 0.2) is 0 Å². The number of carbonyl (C=O) groups is 4. The van der Waals surface area contributed by atoms with E-state index >= 15 is 0 Å². The molecule has 0 heterocycles. The SMILES string of the molecule is C=CCCCCC(=O)OC[C@H](NC(=O)[C@@H](CC=C)CC(=O)N[C@H](C)CO)C(=O)Nc1ccc2ccccc2c1. The number of ether oxygens (including phenoxy) is 1. The van der Waals surface area contributed by atoms with Gasteiger partial charge in [-0.1, -0.05) is 42.5 Å². The van der Waals surface area contributed by atoms with Crippen LogP contribution in [0.5, 0.6) is 0 Å². The van der Waals surface area contributed by atoms with Crippen molar-refractivity contribution in [2.24, 2.45) is 5.92 Å². The molecule has 39 heavy (non-hydrogen) atoms. The highest BCUT2D eigenvalue weighted by Crippen LogP contribution is 2.19. The maximum Gasteiger partial charge on any atom is 0.305 e. The Hall–Kier alpha value is -3.98. The number of rotatable bonds is 17. The first-order valence-electron chi connectivity index (χ1n) is 13.1. The van der Waals surface area contributed by atoms with E-state index < -0.39 is 41.7 Å². The monoisotopic (exact) mass is 537 g/mol. The normalized spacial score (nSPS) is 13.0. The lowest BCUT2D eigenvalue weighted by Gasteiger charge is -2.22. The highest BCUT2D eigenvalue weighted by atomic mass is 16.5.